The molecule has 3 rings (SSSR count). The molecule has 24 heteroatoms. The largest absolute Gasteiger partial charge is 0.497 e. The van der Waals surface area contributed by atoms with Crippen LogP contribution in [0.5, 0.6) is 11.5 Å². The Morgan fingerprint density at radius 1 is 0.652 bits per heavy atom. The van der Waals surface area contributed by atoms with E-state index in [1.807, 2.05) is 0 Å². The number of aromatic hydroxyl groups is 2. The second kappa shape index (κ2) is 15.8. The number of nitrogen functional groups attached to an aromatic ring is 2. The normalized spacial score (nSPS) is 9.76. The van der Waals surface area contributed by atoms with Crippen LogP contribution in [0.15, 0.2) is 42.5 Å². The van der Waals surface area contributed by atoms with Crippen molar-refractivity contribution < 1.29 is 49.3 Å². The molecule has 0 radical (unpaired) electrons. The number of hydrogen-bond donors (Lipinski definition) is 4. The first kappa shape index (κ1) is 36.8. The fraction of sp³-hybridized carbons (Fsp3) is 0.136. The Hall–Kier alpha value is -7.27. The van der Waals surface area contributed by atoms with Crippen LogP contribution in [0.4, 0.5) is 45.5 Å². The molecule has 0 aliphatic heterocycles. The molecule has 24 nitrogen and oxygen atoms in total. The number of phenolic OH excluding ortho intramolecular Hbond substituents is 2. The Morgan fingerprint density at radius 3 is 1.26 bits per heavy atom. The smallest absolute Gasteiger partial charge is 0.324 e. The minimum atomic E-state index is -1.21. The van der Waals surface area contributed by atoms with Gasteiger partial charge in [0, 0.05) is 11.4 Å². The van der Waals surface area contributed by atoms with Crippen LogP contribution < -0.4 is 11.5 Å². The van der Waals surface area contributed by atoms with Gasteiger partial charge in [-0.15, -0.1) is 0 Å². The Labute approximate surface area is 252 Å². The number of ether oxygens (including phenoxy) is 1. The van der Waals surface area contributed by atoms with Crippen molar-refractivity contribution in [1.82, 2.24) is 0 Å². The van der Waals surface area contributed by atoms with Gasteiger partial charge in [-0.2, -0.15) is 0 Å². The SMILES string of the molecule is CCOC(=O)Cc1ccc(N)cc1N.O=[N+]([O-])c1cc([N+](=O)[O-])c(O)c([N+](=O)[O-])c1.O=[N+]([O-])c1cc([N+](=O)[O-])c(O)c([N+](=O)[O-])c1. The van der Waals surface area contributed by atoms with Gasteiger partial charge in [-0.25, -0.2) is 0 Å². The Kier molecular flexibility index (Phi) is 12.6. The highest BCUT2D eigenvalue weighted by Gasteiger charge is 2.31. The van der Waals surface area contributed by atoms with E-state index in [0.717, 1.165) is 5.56 Å². The van der Waals surface area contributed by atoms with Gasteiger partial charge in [-0.1, -0.05) is 6.07 Å². The maximum atomic E-state index is 11.1. The van der Waals surface area contributed by atoms with Crippen molar-refractivity contribution in [1.29, 1.82) is 0 Å². The second-order valence-corrected chi connectivity index (χ2v) is 8.15. The Morgan fingerprint density at radius 2 is 1.00 bits per heavy atom. The topological polar surface area (TPSA) is 378 Å². The average molecular weight is 652 g/mol. The third-order valence-electron chi connectivity index (χ3n) is 5.13. The summed E-state index contributed by atoms with van der Waals surface area (Å²) < 4.78 is 4.81. The van der Waals surface area contributed by atoms with E-state index < -0.39 is 75.2 Å². The zero-order valence-electron chi connectivity index (χ0n) is 22.9. The highest BCUT2D eigenvalue weighted by Crippen LogP contribution is 2.40. The lowest BCUT2D eigenvalue weighted by molar-refractivity contribution is -0.404. The summed E-state index contributed by atoms with van der Waals surface area (Å²) in [5, 5.41) is 80.4. The third-order valence-corrected chi connectivity index (χ3v) is 5.13. The summed E-state index contributed by atoms with van der Waals surface area (Å²) >= 11 is 0. The third kappa shape index (κ3) is 9.93. The molecule has 244 valence electrons. The van der Waals surface area contributed by atoms with E-state index in [9.17, 15) is 65.5 Å². The molecule has 0 bridgehead atoms. The lowest BCUT2D eigenvalue weighted by Crippen LogP contribution is -2.09. The van der Waals surface area contributed by atoms with Gasteiger partial charge in [0.15, 0.2) is 0 Å². The number of hydrogen-bond acceptors (Lipinski definition) is 18. The van der Waals surface area contributed by atoms with Gasteiger partial charge in [-0.05, 0) is 24.6 Å². The van der Waals surface area contributed by atoms with E-state index in [2.05, 4.69) is 0 Å². The van der Waals surface area contributed by atoms with Crippen molar-refractivity contribution in [3.05, 3.63) is 109 Å². The van der Waals surface area contributed by atoms with Crippen molar-refractivity contribution in [3.63, 3.8) is 0 Å². The van der Waals surface area contributed by atoms with Crippen LogP contribution in [0.25, 0.3) is 0 Å². The average Bonchev–Trinajstić information content (AvgIpc) is 2.94. The van der Waals surface area contributed by atoms with Crippen LogP contribution in [-0.2, 0) is 16.0 Å². The number of non-ortho nitro benzene ring substituents is 2. The molecule has 0 saturated heterocycles. The van der Waals surface area contributed by atoms with Crippen LogP contribution in [0.3, 0.4) is 0 Å². The molecule has 0 unspecified atom stereocenters. The minimum absolute atomic E-state index is 0.194. The first-order valence-electron chi connectivity index (χ1n) is 11.7. The van der Waals surface area contributed by atoms with E-state index in [4.69, 9.17) is 26.4 Å². The van der Waals surface area contributed by atoms with Gasteiger partial charge in [0.25, 0.3) is 22.9 Å². The predicted octanol–water partition coefficient (Wildman–Crippen LogP) is 3.19. The molecule has 0 aliphatic carbocycles. The molecule has 0 atom stereocenters. The van der Waals surface area contributed by atoms with E-state index in [1.54, 1.807) is 25.1 Å². The number of phenols is 2. The van der Waals surface area contributed by atoms with Crippen molar-refractivity contribution in [3.8, 4) is 11.5 Å². The van der Waals surface area contributed by atoms with Crippen molar-refractivity contribution >= 4 is 51.5 Å². The molecule has 0 aliphatic rings. The predicted molar refractivity (Wildman–Crippen MR) is 152 cm³/mol. The van der Waals surface area contributed by atoms with Crippen molar-refractivity contribution in [2.75, 3.05) is 18.1 Å². The number of nitro benzene ring substituents is 6. The number of benzene rings is 3. The summed E-state index contributed by atoms with van der Waals surface area (Å²) in [6, 6.07) is 6.87. The van der Waals surface area contributed by atoms with E-state index in [0.29, 0.717) is 42.2 Å². The zero-order chi connectivity index (χ0) is 35.5. The van der Waals surface area contributed by atoms with E-state index >= 15 is 0 Å². The van der Waals surface area contributed by atoms with Gasteiger partial charge in [-0.3, -0.25) is 65.5 Å². The van der Waals surface area contributed by atoms with Gasteiger partial charge in [0.2, 0.25) is 0 Å². The fourth-order valence-electron chi connectivity index (χ4n) is 3.09. The number of anilines is 2. The second-order valence-electron chi connectivity index (χ2n) is 8.15. The number of nitrogens with two attached hydrogens (primary N) is 2. The fourth-order valence-corrected chi connectivity index (χ4v) is 3.09. The van der Waals surface area contributed by atoms with E-state index in [1.165, 1.54) is 0 Å². The number of nitro groups is 6. The summed E-state index contributed by atoms with van der Waals surface area (Å²) in [6.45, 7) is 2.15. The quantitative estimate of drug-likeness (QED) is 0.111. The molecule has 0 heterocycles. The highest BCUT2D eigenvalue weighted by atomic mass is 16.7. The molecule has 0 spiro atoms. The van der Waals surface area contributed by atoms with Gasteiger partial charge < -0.3 is 26.4 Å². The number of carbonyl (C=O) groups excluding carboxylic acids is 1. The highest BCUT2D eigenvalue weighted by molar-refractivity contribution is 5.75. The summed E-state index contributed by atoms with van der Waals surface area (Å²) in [7, 11) is 0. The first-order valence-corrected chi connectivity index (χ1v) is 11.7. The number of nitrogens with zero attached hydrogens (tertiary/aromatic N) is 6. The number of carbonyl (C=O) groups is 1. The molecule has 0 saturated carbocycles. The standard InChI is InChI=1S/C10H14N2O2.2C6H3N3O7/c1-2-14-10(13)5-7-3-4-8(11)6-9(7)12;2*10-6-4(8(13)14)1-3(7(11)12)2-5(6)9(15)16/h3-4,6H,2,5,11-12H2,1H3;2*1-2,10H. The molecule has 6 N–H and O–H groups in total. The molecule has 46 heavy (non-hydrogen) atoms. The molecular weight excluding hydrogens is 632 g/mol. The molecular formula is C22H20N8O16. The Bertz CT molecular complexity index is 1570. The molecule has 0 aromatic heterocycles. The number of rotatable bonds is 9. The monoisotopic (exact) mass is 652 g/mol. The minimum Gasteiger partial charge on any atom is -0.497 e. The maximum Gasteiger partial charge on any atom is 0.324 e. The zero-order valence-corrected chi connectivity index (χ0v) is 22.9. The molecule has 3 aromatic rings. The summed E-state index contributed by atoms with van der Waals surface area (Å²) in [5.74, 6) is -2.69. The lowest BCUT2D eigenvalue weighted by Gasteiger charge is -2.05. The van der Waals surface area contributed by atoms with Gasteiger partial charge >= 0.3 is 28.7 Å². The summed E-state index contributed by atoms with van der Waals surface area (Å²) in [6.07, 6.45) is 0.194. The van der Waals surface area contributed by atoms with Crippen LogP contribution in [-0.4, -0.2) is 52.3 Å². The van der Waals surface area contributed by atoms with E-state index in [-0.39, 0.29) is 12.4 Å². The van der Waals surface area contributed by atoms with Crippen LogP contribution in [0, 0.1) is 60.7 Å². The van der Waals surface area contributed by atoms with Crippen LogP contribution in [0.2, 0.25) is 0 Å². The molecule has 3 aromatic carbocycles. The van der Waals surface area contributed by atoms with Crippen LogP contribution in [0.1, 0.15) is 12.5 Å². The summed E-state index contributed by atoms with van der Waals surface area (Å²) in [4.78, 5) is 66.7. The first-order chi connectivity index (χ1) is 21.3. The van der Waals surface area contributed by atoms with Gasteiger partial charge in [0.1, 0.15) is 0 Å². The number of esters is 1. The maximum absolute atomic E-state index is 11.1. The molecule has 0 fully saturated rings. The van der Waals surface area contributed by atoms with Crippen molar-refractivity contribution in [2.24, 2.45) is 0 Å². The Balaban J connectivity index is 0.000000346. The van der Waals surface area contributed by atoms with Crippen LogP contribution >= 0.6 is 0 Å². The summed E-state index contributed by atoms with van der Waals surface area (Å²) in [5.41, 5.74) is 7.06. The lowest BCUT2D eigenvalue weighted by atomic mass is 10.1. The molecule has 0 amide bonds. The van der Waals surface area contributed by atoms with Crippen molar-refractivity contribution in [2.45, 2.75) is 13.3 Å². The van der Waals surface area contributed by atoms with Gasteiger partial charge in [0.05, 0.1) is 66.8 Å².